The van der Waals surface area contributed by atoms with Gasteiger partial charge < -0.3 is 14.8 Å². The third-order valence-electron chi connectivity index (χ3n) is 3.87. The minimum absolute atomic E-state index is 0.171. The van der Waals surface area contributed by atoms with Crippen LogP contribution in [0.2, 0.25) is 0 Å². The van der Waals surface area contributed by atoms with Crippen molar-refractivity contribution in [2.24, 2.45) is 0 Å². The van der Waals surface area contributed by atoms with Gasteiger partial charge in [-0.1, -0.05) is 25.1 Å². The second kappa shape index (κ2) is 6.76. The second-order valence-corrected chi connectivity index (χ2v) is 4.73. The molecule has 0 spiro atoms. The van der Waals surface area contributed by atoms with E-state index >= 15 is 0 Å². The quantitative estimate of drug-likeness (QED) is 0.808. The molecule has 0 fully saturated rings. The smallest absolute Gasteiger partial charge is 0.122 e. The Bertz CT molecular complexity index is 361. The number of benzene rings is 1. The molecule has 0 saturated heterocycles. The third-order valence-corrected chi connectivity index (χ3v) is 3.87. The van der Waals surface area contributed by atoms with Gasteiger partial charge in [0.2, 0.25) is 0 Å². The first kappa shape index (κ1) is 15.0. The van der Waals surface area contributed by atoms with Crippen molar-refractivity contribution in [3.63, 3.8) is 0 Å². The summed E-state index contributed by atoms with van der Waals surface area (Å²) in [7, 11) is 5.46. The van der Waals surface area contributed by atoms with E-state index in [4.69, 9.17) is 9.47 Å². The van der Waals surface area contributed by atoms with Crippen LogP contribution in [-0.2, 0) is 11.2 Å². The molecule has 1 aromatic rings. The van der Waals surface area contributed by atoms with Gasteiger partial charge >= 0.3 is 0 Å². The molecule has 1 aromatic carbocycles. The van der Waals surface area contributed by atoms with E-state index in [1.165, 1.54) is 5.56 Å². The van der Waals surface area contributed by atoms with Gasteiger partial charge in [0.25, 0.3) is 0 Å². The summed E-state index contributed by atoms with van der Waals surface area (Å²) in [5.74, 6) is 0.937. The summed E-state index contributed by atoms with van der Waals surface area (Å²) in [6.07, 6.45) is 1.85. The minimum Gasteiger partial charge on any atom is -0.496 e. The van der Waals surface area contributed by atoms with Crippen LogP contribution in [-0.4, -0.2) is 32.9 Å². The fourth-order valence-electron chi connectivity index (χ4n) is 2.25. The normalized spacial score (nSPS) is 16.1. The maximum Gasteiger partial charge on any atom is 0.122 e. The van der Waals surface area contributed by atoms with E-state index in [-0.39, 0.29) is 11.6 Å². The number of para-hydroxylation sites is 1. The minimum atomic E-state index is -0.171. The molecule has 102 valence electrons. The molecule has 2 atom stereocenters. The zero-order valence-electron chi connectivity index (χ0n) is 12.1. The molecule has 0 heterocycles. The van der Waals surface area contributed by atoms with E-state index in [9.17, 15) is 0 Å². The Hall–Kier alpha value is -1.06. The summed E-state index contributed by atoms with van der Waals surface area (Å²) in [6, 6.07) is 8.39. The summed E-state index contributed by atoms with van der Waals surface area (Å²) >= 11 is 0. The van der Waals surface area contributed by atoms with E-state index in [0.29, 0.717) is 0 Å². The SMILES string of the molecule is CCC(C)(OC)C(Cc1ccccc1OC)NC. The van der Waals surface area contributed by atoms with E-state index in [1.807, 2.05) is 25.2 Å². The fourth-order valence-corrected chi connectivity index (χ4v) is 2.25. The van der Waals surface area contributed by atoms with Crippen LogP contribution in [0.15, 0.2) is 24.3 Å². The molecule has 0 saturated carbocycles. The van der Waals surface area contributed by atoms with Gasteiger partial charge in [0.15, 0.2) is 0 Å². The van der Waals surface area contributed by atoms with Gasteiger partial charge in [-0.3, -0.25) is 0 Å². The summed E-state index contributed by atoms with van der Waals surface area (Å²) in [5.41, 5.74) is 1.03. The van der Waals surface area contributed by atoms with E-state index in [0.717, 1.165) is 18.6 Å². The monoisotopic (exact) mass is 251 g/mol. The number of hydrogen-bond donors (Lipinski definition) is 1. The van der Waals surface area contributed by atoms with Gasteiger partial charge in [-0.2, -0.15) is 0 Å². The van der Waals surface area contributed by atoms with Crippen LogP contribution in [0, 0.1) is 0 Å². The molecule has 1 rings (SSSR count). The van der Waals surface area contributed by atoms with Crippen molar-refractivity contribution in [1.29, 1.82) is 0 Å². The molecule has 0 aliphatic rings. The number of hydrogen-bond acceptors (Lipinski definition) is 3. The number of nitrogens with one attached hydrogen (secondary N) is 1. The fraction of sp³-hybridized carbons (Fsp3) is 0.600. The molecule has 3 nitrogen and oxygen atoms in total. The standard InChI is InChI=1S/C15H25NO2/c1-6-15(2,18-5)14(16-3)11-12-9-7-8-10-13(12)17-4/h7-10,14,16H,6,11H2,1-5H3. The zero-order valence-corrected chi connectivity index (χ0v) is 12.1. The van der Waals surface area contributed by atoms with Crippen LogP contribution in [0.5, 0.6) is 5.75 Å². The molecule has 0 radical (unpaired) electrons. The zero-order chi connectivity index (χ0) is 13.6. The Morgan fingerprint density at radius 1 is 1.28 bits per heavy atom. The van der Waals surface area contributed by atoms with E-state index in [2.05, 4.69) is 25.2 Å². The molecule has 0 aliphatic heterocycles. The van der Waals surface area contributed by atoms with Crippen LogP contribution < -0.4 is 10.1 Å². The van der Waals surface area contributed by atoms with Crippen LogP contribution in [0.3, 0.4) is 0 Å². The van der Waals surface area contributed by atoms with Crippen molar-refractivity contribution >= 4 is 0 Å². The van der Waals surface area contributed by atoms with Gasteiger partial charge in [-0.05, 0) is 38.4 Å². The summed E-state index contributed by atoms with van der Waals surface area (Å²) in [4.78, 5) is 0. The summed E-state index contributed by atoms with van der Waals surface area (Å²) < 4.78 is 11.1. The number of ether oxygens (including phenoxy) is 2. The Labute approximate surface area is 110 Å². The van der Waals surface area contributed by atoms with Crippen molar-refractivity contribution in [1.82, 2.24) is 5.32 Å². The summed E-state index contributed by atoms with van der Waals surface area (Å²) in [5, 5.41) is 3.36. The highest BCUT2D eigenvalue weighted by atomic mass is 16.5. The molecule has 0 aliphatic carbocycles. The Balaban J connectivity index is 2.92. The van der Waals surface area contributed by atoms with Gasteiger partial charge in [-0.15, -0.1) is 0 Å². The van der Waals surface area contributed by atoms with Crippen molar-refractivity contribution < 1.29 is 9.47 Å². The molecule has 0 amide bonds. The first-order valence-corrected chi connectivity index (χ1v) is 6.45. The lowest BCUT2D eigenvalue weighted by molar-refractivity contribution is -0.0269. The lowest BCUT2D eigenvalue weighted by atomic mass is 9.88. The van der Waals surface area contributed by atoms with Crippen LogP contribution in [0.25, 0.3) is 0 Å². The van der Waals surface area contributed by atoms with E-state index < -0.39 is 0 Å². The van der Waals surface area contributed by atoms with Gasteiger partial charge in [0.1, 0.15) is 5.75 Å². The maximum atomic E-state index is 5.68. The molecule has 1 N–H and O–H groups in total. The summed E-state index contributed by atoms with van der Waals surface area (Å²) in [6.45, 7) is 4.29. The van der Waals surface area contributed by atoms with Crippen LogP contribution in [0.1, 0.15) is 25.8 Å². The second-order valence-electron chi connectivity index (χ2n) is 4.73. The maximum absolute atomic E-state index is 5.68. The topological polar surface area (TPSA) is 30.5 Å². The predicted octanol–water partition coefficient (Wildman–Crippen LogP) is 2.64. The molecular weight excluding hydrogens is 226 g/mol. The number of rotatable bonds is 7. The molecule has 2 unspecified atom stereocenters. The first-order chi connectivity index (χ1) is 8.61. The Morgan fingerprint density at radius 3 is 2.44 bits per heavy atom. The van der Waals surface area contributed by atoms with Crippen molar-refractivity contribution in [2.45, 2.75) is 38.3 Å². The number of methoxy groups -OCH3 is 2. The van der Waals surface area contributed by atoms with Gasteiger partial charge in [-0.25, -0.2) is 0 Å². The van der Waals surface area contributed by atoms with Gasteiger partial charge in [0, 0.05) is 13.2 Å². The number of likely N-dealkylation sites (N-methyl/N-ethyl adjacent to an activating group) is 1. The van der Waals surface area contributed by atoms with Gasteiger partial charge in [0.05, 0.1) is 12.7 Å². The lowest BCUT2D eigenvalue weighted by Gasteiger charge is -2.36. The largest absolute Gasteiger partial charge is 0.496 e. The van der Waals surface area contributed by atoms with Crippen molar-refractivity contribution in [3.8, 4) is 5.75 Å². The third kappa shape index (κ3) is 3.24. The highest BCUT2D eigenvalue weighted by Crippen LogP contribution is 2.26. The molecule has 18 heavy (non-hydrogen) atoms. The Kier molecular flexibility index (Phi) is 5.63. The van der Waals surface area contributed by atoms with Crippen molar-refractivity contribution in [2.75, 3.05) is 21.3 Å². The molecule has 0 bridgehead atoms. The van der Waals surface area contributed by atoms with Crippen LogP contribution >= 0.6 is 0 Å². The molecular formula is C15H25NO2. The highest BCUT2D eigenvalue weighted by Gasteiger charge is 2.31. The first-order valence-electron chi connectivity index (χ1n) is 6.45. The average Bonchev–Trinajstić information content (AvgIpc) is 2.44. The molecule has 0 aromatic heterocycles. The lowest BCUT2D eigenvalue weighted by Crippen LogP contribution is -2.49. The van der Waals surface area contributed by atoms with Crippen LogP contribution in [0.4, 0.5) is 0 Å². The van der Waals surface area contributed by atoms with E-state index in [1.54, 1.807) is 14.2 Å². The predicted molar refractivity (Wildman–Crippen MR) is 75.3 cm³/mol. The highest BCUT2D eigenvalue weighted by molar-refractivity contribution is 5.34. The molecule has 3 heteroatoms. The van der Waals surface area contributed by atoms with Crippen molar-refractivity contribution in [3.05, 3.63) is 29.8 Å². The Morgan fingerprint density at radius 2 is 1.94 bits per heavy atom. The average molecular weight is 251 g/mol.